The minimum Gasteiger partial charge on any atom is -0.382 e. The summed E-state index contributed by atoms with van der Waals surface area (Å²) in [5.74, 6) is 0. The fourth-order valence-corrected chi connectivity index (χ4v) is 3.29. The van der Waals surface area contributed by atoms with Crippen LogP contribution in [-0.4, -0.2) is 24.1 Å². The number of thiazole rings is 1. The second-order valence-electron chi connectivity index (χ2n) is 5.35. The molecule has 2 N–H and O–H groups in total. The van der Waals surface area contributed by atoms with Gasteiger partial charge in [-0.1, -0.05) is 12.1 Å². The van der Waals surface area contributed by atoms with Crippen LogP contribution in [0.2, 0.25) is 0 Å². The summed E-state index contributed by atoms with van der Waals surface area (Å²) in [6.07, 6.45) is 3.69. The van der Waals surface area contributed by atoms with Crippen molar-refractivity contribution in [3.8, 4) is 11.3 Å². The van der Waals surface area contributed by atoms with Gasteiger partial charge in [-0.15, -0.1) is 11.3 Å². The van der Waals surface area contributed by atoms with Crippen molar-refractivity contribution < 1.29 is 0 Å². The van der Waals surface area contributed by atoms with Gasteiger partial charge < -0.3 is 10.6 Å². The van der Waals surface area contributed by atoms with E-state index in [1.54, 1.807) is 11.3 Å². The van der Waals surface area contributed by atoms with Crippen LogP contribution in [0.15, 0.2) is 29.6 Å². The van der Waals surface area contributed by atoms with Crippen LogP contribution in [0.4, 0.5) is 5.69 Å². The van der Waals surface area contributed by atoms with Gasteiger partial charge in [-0.2, -0.15) is 0 Å². The van der Waals surface area contributed by atoms with Gasteiger partial charge in [-0.3, -0.25) is 0 Å². The molecule has 1 aromatic heterocycles. The van der Waals surface area contributed by atoms with Crippen molar-refractivity contribution in [1.29, 1.82) is 0 Å². The third-order valence-corrected chi connectivity index (χ3v) is 4.50. The van der Waals surface area contributed by atoms with Crippen LogP contribution in [0.1, 0.15) is 24.3 Å². The van der Waals surface area contributed by atoms with E-state index < -0.39 is 0 Å². The summed E-state index contributed by atoms with van der Waals surface area (Å²) in [5.41, 5.74) is 3.49. The average molecular weight is 287 g/mol. The molecule has 0 saturated carbocycles. The highest BCUT2D eigenvalue weighted by Gasteiger charge is 2.12. The molecule has 20 heavy (non-hydrogen) atoms. The molecule has 1 unspecified atom stereocenters. The van der Waals surface area contributed by atoms with Crippen molar-refractivity contribution in [2.75, 3.05) is 18.4 Å². The van der Waals surface area contributed by atoms with Crippen molar-refractivity contribution >= 4 is 17.0 Å². The van der Waals surface area contributed by atoms with Gasteiger partial charge in [-0.25, -0.2) is 4.98 Å². The summed E-state index contributed by atoms with van der Waals surface area (Å²) in [7, 11) is 0. The van der Waals surface area contributed by atoms with Gasteiger partial charge in [-0.05, 0) is 51.4 Å². The first-order valence-electron chi connectivity index (χ1n) is 7.31. The third-order valence-electron chi connectivity index (χ3n) is 3.72. The van der Waals surface area contributed by atoms with Gasteiger partial charge in [0.25, 0.3) is 0 Å². The molecule has 2 heterocycles. The van der Waals surface area contributed by atoms with Crippen molar-refractivity contribution in [2.45, 2.75) is 32.2 Å². The Morgan fingerprint density at radius 3 is 3.10 bits per heavy atom. The van der Waals surface area contributed by atoms with Crippen LogP contribution in [0, 0.1) is 6.92 Å². The Morgan fingerprint density at radius 1 is 1.30 bits per heavy atom. The molecule has 0 bridgehead atoms. The number of hydrogen-bond donors (Lipinski definition) is 2. The van der Waals surface area contributed by atoms with Crippen molar-refractivity contribution in [1.82, 2.24) is 10.3 Å². The molecular weight excluding hydrogens is 266 g/mol. The zero-order valence-electron chi connectivity index (χ0n) is 11.9. The smallest absolute Gasteiger partial charge is 0.0901 e. The van der Waals surface area contributed by atoms with Crippen molar-refractivity contribution in [2.24, 2.45) is 0 Å². The molecule has 1 atom stereocenters. The van der Waals surface area contributed by atoms with Gasteiger partial charge in [0.2, 0.25) is 0 Å². The molecule has 0 radical (unpaired) electrons. The van der Waals surface area contributed by atoms with Crippen LogP contribution < -0.4 is 10.6 Å². The highest BCUT2D eigenvalue weighted by molar-refractivity contribution is 7.09. The van der Waals surface area contributed by atoms with E-state index in [2.05, 4.69) is 52.2 Å². The summed E-state index contributed by atoms with van der Waals surface area (Å²) in [6, 6.07) is 9.20. The van der Waals surface area contributed by atoms with Gasteiger partial charge in [0.05, 0.1) is 10.7 Å². The molecule has 3 nitrogen and oxygen atoms in total. The van der Waals surface area contributed by atoms with Crippen LogP contribution in [0.3, 0.4) is 0 Å². The Morgan fingerprint density at radius 2 is 2.25 bits per heavy atom. The van der Waals surface area contributed by atoms with Crippen LogP contribution in [0.25, 0.3) is 11.3 Å². The number of benzene rings is 1. The van der Waals surface area contributed by atoms with E-state index in [1.807, 2.05) is 0 Å². The predicted molar refractivity (Wildman–Crippen MR) is 86.4 cm³/mol. The first kappa shape index (κ1) is 13.6. The molecule has 1 saturated heterocycles. The number of hydrogen-bond acceptors (Lipinski definition) is 4. The zero-order valence-corrected chi connectivity index (χ0v) is 12.7. The highest BCUT2D eigenvalue weighted by atomic mass is 32.1. The quantitative estimate of drug-likeness (QED) is 0.904. The number of aryl methyl sites for hydroxylation is 1. The van der Waals surface area contributed by atoms with E-state index in [-0.39, 0.29) is 0 Å². The molecule has 2 aromatic rings. The maximum absolute atomic E-state index is 4.56. The average Bonchev–Trinajstić information content (AvgIpc) is 2.73. The van der Waals surface area contributed by atoms with Crippen LogP contribution >= 0.6 is 11.3 Å². The SMILES string of the molecule is Cc1nc(-c2cccc(NC3CCCNCC3)c2)cs1. The third kappa shape index (κ3) is 3.38. The van der Waals surface area contributed by atoms with E-state index in [0.717, 1.165) is 23.8 Å². The maximum atomic E-state index is 4.56. The summed E-state index contributed by atoms with van der Waals surface area (Å²) >= 11 is 1.70. The fourth-order valence-electron chi connectivity index (χ4n) is 2.66. The number of anilines is 1. The van der Waals surface area contributed by atoms with Crippen molar-refractivity contribution in [3.63, 3.8) is 0 Å². The summed E-state index contributed by atoms with van der Waals surface area (Å²) < 4.78 is 0. The lowest BCUT2D eigenvalue weighted by atomic mass is 10.1. The number of nitrogens with one attached hydrogen (secondary N) is 2. The minimum atomic E-state index is 0.581. The van der Waals surface area contributed by atoms with E-state index in [0.29, 0.717) is 6.04 Å². The number of rotatable bonds is 3. The second kappa shape index (κ2) is 6.37. The summed E-state index contributed by atoms with van der Waals surface area (Å²) in [5, 5.41) is 10.4. The Kier molecular flexibility index (Phi) is 4.33. The number of aromatic nitrogens is 1. The van der Waals surface area contributed by atoms with Gasteiger partial charge in [0, 0.05) is 22.7 Å². The first-order chi connectivity index (χ1) is 9.81. The highest BCUT2D eigenvalue weighted by Crippen LogP contribution is 2.25. The second-order valence-corrected chi connectivity index (χ2v) is 6.42. The normalized spacial score (nSPS) is 19.6. The monoisotopic (exact) mass is 287 g/mol. The van der Waals surface area contributed by atoms with Crippen LogP contribution in [0.5, 0.6) is 0 Å². The molecule has 1 fully saturated rings. The Hall–Kier alpha value is -1.39. The largest absolute Gasteiger partial charge is 0.382 e. The summed E-state index contributed by atoms with van der Waals surface area (Å²) in [6.45, 7) is 4.31. The molecule has 106 valence electrons. The molecule has 0 aliphatic carbocycles. The van der Waals surface area contributed by atoms with Gasteiger partial charge in [0.15, 0.2) is 0 Å². The molecule has 0 spiro atoms. The maximum Gasteiger partial charge on any atom is 0.0901 e. The standard InChI is InChI=1S/C16H21N3S/c1-12-18-16(11-20-12)13-4-2-5-15(10-13)19-14-6-3-8-17-9-7-14/h2,4-5,10-11,14,17,19H,3,6-9H2,1H3. The van der Waals surface area contributed by atoms with Gasteiger partial charge >= 0.3 is 0 Å². The number of nitrogens with zero attached hydrogens (tertiary/aromatic N) is 1. The van der Waals surface area contributed by atoms with E-state index in [1.165, 1.54) is 30.5 Å². The molecular formula is C16H21N3S. The Bertz CT molecular complexity index is 556. The molecule has 3 rings (SSSR count). The van der Waals surface area contributed by atoms with Crippen LogP contribution in [-0.2, 0) is 0 Å². The fraction of sp³-hybridized carbons (Fsp3) is 0.438. The molecule has 1 aromatic carbocycles. The molecule has 1 aliphatic rings. The zero-order chi connectivity index (χ0) is 13.8. The minimum absolute atomic E-state index is 0.581. The van der Waals surface area contributed by atoms with Crippen molar-refractivity contribution in [3.05, 3.63) is 34.7 Å². The van der Waals surface area contributed by atoms with E-state index >= 15 is 0 Å². The Balaban J connectivity index is 1.73. The first-order valence-corrected chi connectivity index (χ1v) is 8.19. The van der Waals surface area contributed by atoms with Gasteiger partial charge in [0.1, 0.15) is 0 Å². The lowest BCUT2D eigenvalue weighted by Crippen LogP contribution is -2.21. The lowest BCUT2D eigenvalue weighted by molar-refractivity contribution is 0.637. The molecule has 0 amide bonds. The predicted octanol–water partition coefficient (Wildman–Crippen LogP) is 3.67. The van der Waals surface area contributed by atoms with E-state index in [4.69, 9.17) is 0 Å². The molecule has 4 heteroatoms. The summed E-state index contributed by atoms with van der Waals surface area (Å²) in [4.78, 5) is 4.56. The Labute approximate surface area is 124 Å². The van der Waals surface area contributed by atoms with E-state index in [9.17, 15) is 0 Å². The topological polar surface area (TPSA) is 37.0 Å². The molecule has 1 aliphatic heterocycles. The lowest BCUT2D eigenvalue weighted by Gasteiger charge is -2.17.